The van der Waals surface area contributed by atoms with Crippen LogP contribution in [0.5, 0.6) is 0 Å². The van der Waals surface area contributed by atoms with E-state index in [-0.39, 0.29) is 21.7 Å². The lowest BCUT2D eigenvalue weighted by Gasteiger charge is -2.33. The number of hydrogen-bond acceptors (Lipinski definition) is 2. The molecule has 0 fully saturated rings. The molecule has 5 aromatic carbocycles. The lowest BCUT2D eigenvalue weighted by atomic mass is 9.72. The summed E-state index contributed by atoms with van der Waals surface area (Å²) >= 11 is 0. The predicted octanol–water partition coefficient (Wildman–Crippen LogP) is 13.0. The Kier molecular flexibility index (Phi) is 9.17. The molecule has 0 aliphatic heterocycles. The van der Waals surface area contributed by atoms with E-state index < -0.39 is 9.73 Å². The van der Waals surface area contributed by atoms with Crippen LogP contribution in [0, 0.1) is 22.0 Å². The smallest absolute Gasteiger partial charge is 0.101 e. The molecule has 2 aromatic heterocycles. The van der Waals surface area contributed by atoms with Crippen LogP contribution in [0.15, 0.2) is 113 Å². The number of nitrogens with zero attached hydrogens (tertiary/aromatic N) is 2. The summed E-state index contributed by atoms with van der Waals surface area (Å²) in [5, 5.41) is 6.07. The molecule has 4 nitrogen and oxygen atoms in total. The van der Waals surface area contributed by atoms with E-state index in [1.54, 1.807) is 0 Å². The fraction of sp³-hybridized carbons (Fsp3) is 0.358. The molecule has 0 amide bonds. The van der Waals surface area contributed by atoms with Gasteiger partial charge in [-0.15, -0.1) is 0 Å². The standard InChI is InChI=1S/C53H61N3OS/c1-33-26-49-44(32-45(33)53(11,12)13)43-29-36(52(8,9)10)22-25-48(43)56(49)38-17-15-19-40(31-38)58(54,57)39-18-14-16-37(30-39)55-46-23-20-34(50(2,3)4)27-41(46)42-28-35(51(5,6)7)21-24-47(42)55/h14-33,45,54H,1-13H3. The average molecular weight is 788 g/mol. The summed E-state index contributed by atoms with van der Waals surface area (Å²) < 4.78 is 29.3. The van der Waals surface area contributed by atoms with E-state index in [9.17, 15) is 4.78 Å². The summed E-state index contributed by atoms with van der Waals surface area (Å²) in [6, 6.07) is 36.2. The predicted molar refractivity (Wildman–Crippen MR) is 248 cm³/mol. The molecule has 0 saturated carbocycles. The van der Waals surface area contributed by atoms with E-state index >= 15 is 4.21 Å². The van der Waals surface area contributed by atoms with Crippen molar-refractivity contribution < 1.29 is 4.21 Å². The molecule has 8 rings (SSSR count). The molecule has 0 radical (unpaired) electrons. The van der Waals surface area contributed by atoms with Crippen molar-refractivity contribution in [3.05, 3.63) is 130 Å². The second kappa shape index (κ2) is 13.3. The molecule has 0 spiro atoms. The third-order valence-electron chi connectivity index (χ3n) is 12.6. The van der Waals surface area contributed by atoms with Crippen LogP contribution in [0.3, 0.4) is 0 Å². The minimum atomic E-state index is -3.41. The number of fused-ring (bicyclic) bond motifs is 6. The molecule has 58 heavy (non-hydrogen) atoms. The number of benzene rings is 5. The first-order chi connectivity index (χ1) is 26.9. The highest BCUT2D eigenvalue weighted by Crippen LogP contribution is 2.39. The Morgan fingerprint density at radius 2 is 0.931 bits per heavy atom. The molecule has 7 aromatic rings. The Morgan fingerprint density at radius 1 is 0.517 bits per heavy atom. The zero-order valence-corrected chi connectivity index (χ0v) is 37.7. The molecule has 0 saturated heterocycles. The van der Waals surface area contributed by atoms with Gasteiger partial charge in [-0.1, -0.05) is 132 Å². The van der Waals surface area contributed by atoms with Gasteiger partial charge in [0.2, 0.25) is 0 Å². The third kappa shape index (κ3) is 6.73. The van der Waals surface area contributed by atoms with E-state index in [1.807, 2.05) is 36.4 Å². The Labute approximate surface area is 346 Å². The highest BCUT2D eigenvalue weighted by molar-refractivity contribution is 7.92. The van der Waals surface area contributed by atoms with Crippen molar-refractivity contribution in [3.63, 3.8) is 0 Å². The molecule has 1 aliphatic rings. The number of nitrogens with one attached hydrogen (secondary N) is 1. The van der Waals surface area contributed by atoms with Gasteiger partial charge in [-0.2, -0.15) is 0 Å². The normalized spacial score (nSPS) is 17.6. The molecule has 3 unspecified atom stereocenters. The van der Waals surface area contributed by atoms with Crippen LogP contribution >= 0.6 is 0 Å². The van der Waals surface area contributed by atoms with Crippen molar-refractivity contribution in [3.8, 4) is 11.4 Å². The minimum absolute atomic E-state index is 0.000430. The summed E-state index contributed by atoms with van der Waals surface area (Å²) in [5.74, 6) is 0.725. The molecule has 0 bridgehead atoms. The molecule has 2 heterocycles. The molecular formula is C53H61N3OS. The van der Waals surface area contributed by atoms with E-state index in [0.717, 1.165) is 27.9 Å². The maximum absolute atomic E-state index is 15.0. The number of aromatic nitrogens is 2. The van der Waals surface area contributed by atoms with Crippen LogP contribution in [0.2, 0.25) is 0 Å². The Balaban J connectivity index is 1.29. The minimum Gasteiger partial charge on any atom is -0.310 e. The Bertz CT molecular complexity index is 2950. The first kappa shape index (κ1) is 39.9. The van der Waals surface area contributed by atoms with Gasteiger partial charge >= 0.3 is 0 Å². The van der Waals surface area contributed by atoms with Gasteiger partial charge < -0.3 is 9.13 Å². The monoisotopic (exact) mass is 787 g/mol. The van der Waals surface area contributed by atoms with Gasteiger partial charge in [0.05, 0.1) is 31.7 Å². The lowest BCUT2D eigenvalue weighted by molar-refractivity contribution is 0.268. The molecule has 300 valence electrons. The van der Waals surface area contributed by atoms with Crippen LogP contribution in [-0.2, 0) is 26.0 Å². The lowest BCUT2D eigenvalue weighted by Crippen LogP contribution is -2.38. The van der Waals surface area contributed by atoms with Crippen LogP contribution < -0.4 is 10.6 Å². The molecule has 5 heteroatoms. The van der Waals surface area contributed by atoms with Crippen LogP contribution in [0.4, 0.5) is 0 Å². The van der Waals surface area contributed by atoms with Gasteiger partial charge in [0.1, 0.15) is 9.73 Å². The third-order valence-corrected chi connectivity index (χ3v) is 14.4. The summed E-state index contributed by atoms with van der Waals surface area (Å²) in [6.07, 6.45) is 4.92. The fourth-order valence-corrected chi connectivity index (χ4v) is 10.5. The highest BCUT2D eigenvalue weighted by Gasteiger charge is 2.30. The van der Waals surface area contributed by atoms with E-state index in [0.29, 0.717) is 21.6 Å². The molecule has 3 atom stereocenters. The second-order valence-corrected chi connectivity index (χ2v) is 23.1. The van der Waals surface area contributed by atoms with Crippen LogP contribution in [0.25, 0.3) is 56.2 Å². The molecule has 1 N–H and O–H groups in total. The summed E-state index contributed by atoms with van der Waals surface area (Å²) in [5.41, 5.74) is 9.12. The van der Waals surface area contributed by atoms with E-state index in [4.69, 9.17) is 0 Å². The van der Waals surface area contributed by atoms with E-state index in [2.05, 4.69) is 178 Å². The largest absolute Gasteiger partial charge is 0.310 e. The SMILES string of the molecule is CC1C=c2c(c3cc(C(C)(C)C)ccc3n2-c2cccc(S(=N)(=O)c3cccc(-n4c5ccc(C(C)(C)C)cc5c5cc(C(C)(C)C)ccc54)c3)c2)=CC1C(C)(C)C. The van der Waals surface area contributed by atoms with Crippen molar-refractivity contribution in [2.24, 2.45) is 17.3 Å². The van der Waals surface area contributed by atoms with Gasteiger partial charge in [0, 0.05) is 32.8 Å². The summed E-state index contributed by atoms with van der Waals surface area (Å²) in [4.78, 5) is 0.988. The Morgan fingerprint density at radius 3 is 1.36 bits per heavy atom. The number of rotatable bonds is 4. The number of hydrogen-bond donors (Lipinski definition) is 1. The van der Waals surface area contributed by atoms with Crippen molar-refractivity contribution in [2.75, 3.05) is 0 Å². The van der Waals surface area contributed by atoms with Crippen LogP contribution in [-0.4, -0.2) is 13.3 Å². The molecule has 1 aliphatic carbocycles. The zero-order valence-electron chi connectivity index (χ0n) is 36.8. The molecular weight excluding hydrogens is 727 g/mol. The van der Waals surface area contributed by atoms with Crippen molar-refractivity contribution >= 4 is 54.6 Å². The van der Waals surface area contributed by atoms with E-state index in [1.165, 1.54) is 43.4 Å². The van der Waals surface area contributed by atoms with Gasteiger partial charge in [0.25, 0.3) is 0 Å². The summed E-state index contributed by atoms with van der Waals surface area (Å²) in [7, 11) is -3.41. The average Bonchev–Trinajstić information content (AvgIpc) is 3.64. The maximum Gasteiger partial charge on any atom is 0.101 e. The quantitative estimate of drug-likeness (QED) is 0.190. The fourth-order valence-electron chi connectivity index (χ4n) is 9.12. The first-order valence-corrected chi connectivity index (χ1v) is 22.5. The highest BCUT2D eigenvalue weighted by atomic mass is 32.2. The summed E-state index contributed by atoms with van der Waals surface area (Å²) in [6.45, 7) is 29.7. The Hall–Kier alpha value is -4.87. The van der Waals surface area contributed by atoms with Crippen LogP contribution in [0.1, 0.15) is 107 Å². The van der Waals surface area contributed by atoms with Crippen molar-refractivity contribution in [2.45, 2.75) is 116 Å². The zero-order chi connectivity index (χ0) is 41.9. The van der Waals surface area contributed by atoms with Gasteiger partial charge in [0.15, 0.2) is 0 Å². The van der Waals surface area contributed by atoms with Crippen molar-refractivity contribution in [1.82, 2.24) is 9.13 Å². The van der Waals surface area contributed by atoms with Crippen molar-refractivity contribution in [1.29, 1.82) is 4.78 Å². The maximum atomic E-state index is 15.0. The first-order valence-electron chi connectivity index (χ1n) is 20.9. The topological polar surface area (TPSA) is 50.8 Å². The van der Waals surface area contributed by atoms with Gasteiger partial charge in [-0.3, -0.25) is 0 Å². The second-order valence-electron chi connectivity index (χ2n) is 21.1. The van der Waals surface area contributed by atoms with Gasteiger partial charge in [-0.05, 0) is 123 Å². The van der Waals surface area contributed by atoms with Gasteiger partial charge in [-0.25, -0.2) is 8.99 Å².